The molecule has 170 valence electrons. The lowest BCUT2D eigenvalue weighted by molar-refractivity contribution is -0.295. The Morgan fingerprint density at radius 2 is 1.97 bits per heavy atom. The summed E-state index contributed by atoms with van der Waals surface area (Å²) in [5.74, 6) is -0.708. The molecule has 7 heteroatoms. The Balaban J connectivity index is 1.56. The molecule has 2 unspecified atom stereocenters. The van der Waals surface area contributed by atoms with Gasteiger partial charge in [-0.3, -0.25) is 4.21 Å². The van der Waals surface area contributed by atoms with Crippen molar-refractivity contribution in [2.24, 2.45) is 11.3 Å². The van der Waals surface area contributed by atoms with E-state index in [2.05, 4.69) is 29.8 Å². The van der Waals surface area contributed by atoms with E-state index in [4.69, 9.17) is 14.2 Å². The third kappa shape index (κ3) is 5.32. The normalized spacial score (nSPS) is 26.1. The minimum atomic E-state index is -1.00. The first-order chi connectivity index (χ1) is 14.7. The molecule has 31 heavy (non-hydrogen) atoms. The van der Waals surface area contributed by atoms with Gasteiger partial charge in [-0.2, -0.15) is 0 Å². The number of esters is 1. The molecule has 5 nitrogen and oxygen atoms in total. The highest BCUT2D eigenvalue weighted by atomic mass is 79.9. The van der Waals surface area contributed by atoms with Crippen molar-refractivity contribution in [1.82, 2.24) is 0 Å². The van der Waals surface area contributed by atoms with Gasteiger partial charge in [0.1, 0.15) is 0 Å². The van der Waals surface area contributed by atoms with Gasteiger partial charge in [-0.15, -0.1) is 0 Å². The molecule has 0 bridgehead atoms. The van der Waals surface area contributed by atoms with Crippen LogP contribution in [0.1, 0.15) is 58.4 Å². The number of benzene rings is 1. The van der Waals surface area contributed by atoms with Gasteiger partial charge in [-0.1, -0.05) is 26.0 Å². The fourth-order valence-corrected chi connectivity index (χ4v) is 6.40. The molecule has 2 aliphatic carbocycles. The first kappa shape index (κ1) is 23.1. The van der Waals surface area contributed by atoms with Gasteiger partial charge in [0.2, 0.25) is 0 Å². The Kier molecular flexibility index (Phi) is 6.78. The van der Waals surface area contributed by atoms with Crippen LogP contribution >= 0.6 is 15.9 Å². The van der Waals surface area contributed by atoms with Gasteiger partial charge in [0.25, 0.3) is 0 Å². The first-order valence-corrected chi connectivity index (χ1v) is 13.1. The Bertz CT molecular complexity index is 895. The Morgan fingerprint density at radius 1 is 1.26 bits per heavy atom. The quantitative estimate of drug-likeness (QED) is 0.387. The molecular formula is C24H31BrO5S. The second-order valence-electron chi connectivity index (χ2n) is 9.60. The van der Waals surface area contributed by atoms with Crippen molar-refractivity contribution in [2.45, 2.75) is 68.8 Å². The summed E-state index contributed by atoms with van der Waals surface area (Å²) in [6, 6.07) is 5.63. The van der Waals surface area contributed by atoms with Gasteiger partial charge in [0.05, 0.1) is 41.1 Å². The van der Waals surface area contributed by atoms with Crippen LogP contribution in [0.15, 0.2) is 33.6 Å². The van der Waals surface area contributed by atoms with Crippen LogP contribution in [0.4, 0.5) is 0 Å². The first-order valence-electron chi connectivity index (χ1n) is 11.1. The fourth-order valence-electron chi connectivity index (χ4n) is 4.17. The molecule has 1 heterocycles. The highest BCUT2D eigenvalue weighted by Crippen LogP contribution is 2.44. The van der Waals surface area contributed by atoms with E-state index in [-0.39, 0.29) is 22.6 Å². The van der Waals surface area contributed by atoms with Gasteiger partial charge in [0, 0.05) is 28.0 Å². The number of carbonyl (C=O) groups is 1. The second kappa shape index (κ2) is 9.08. The summed E-state index contributed by atoms with van der Waals surface area (Å²) >= 11 is 3.57. The number of hydrogen-bond donors (Lipinski definition) is 0. The molecule has 1 aromatic rings. The summed E-state index contributed by atoms with van der Waals surface area (Å²) in [4.78, 5) is 13.6. The molecule has 1 aliphatic heterocycles. The van der Waals surface area contributed by atoms with E-state index >= 15 is 0 Å². The summed E-state index contributed by atoms with van der Waals surface area (Å²) in [6.45, 7) is 7.77. The average Bonchev–Trinajstić information content (AvgIpc) is 3.50. The number of halogens is 1. The Hall–Kier alpha value is -1.02. The maximum absolute atomic E-state index is 12.8. The lowest BCUT2D eigenvalue weighted by Gasteiger charge is -2.41. The molecule has 2 saturated carbocycles. The zero-order valence-corrected chi connectivity index (χ0v) is 20.9. The largest absolute Gasteiger partial charge is 0.462 e. The van der Waals surface area contributed by atoms with Crippen LogP contribution in [0.3, 0.4) is 0 Å². The maximum atomic E-state index is 12.8. The summed E-state index contributed by atoms with van der Waals surface area (Å²) in [5, 5.41) is 0.261. The number of rotatable bonds is 6. The molecule has 3 aliphatic rings. The summed E-state index contributed by atoms with van der Waals surface area (Å²) in [6.07, 6.45) is 6.49. The molecule has 0 radical (unpaired) electrons. The molecule has 0 aromatic heterocycles. The smallest absolute Gasteiger partial charge is 0.338 e. The van der Waals surface area contributed by atoms with Gasteiger partial charge < -0.3 is 14.2 Å². The second-order valence-corrected chi connectivity index (χ2v) is 12.2. The predicted molar refractivity (Wildman–Crippen MR) is 124 cm³/mol. The van der Waals surface area contributed by atoms with Crippen molar-refractivity contribution in [3.05, 3.63) is 34.3 Å². The van der Waals surface area contributed by atoms with Crippen LogP contribution in [0.5, 0.6) is 0 Å². The van der Waals surface area contributed by atoms with Crippen molar-refractivity contribution < 1.29 is 23.2 Å². The standard InChI is InChI=1S/C24H31BrO5S/c1-4-28-22(26)19(17-5-8-21(20(25)12-17)31(27)18-6-7-18)11-16-9-10-24(13-16)29-14-23(2,3)15-30-24/h5,8,11-12,16,18H,4,6-7,9-10,13-15H2,1-3H3/b19-11-. The highest BCUT2D eigenvalue weighted by molar-refractivity contribution is 9.10. The third-order valence-electron chi connectivity index (χ3n) is 6.11. The molecule has 1 saturated heterocycles. The molecule has 0 N–H and O–H groups in total. The summed E-state index contributed by atoms with van der Waals surface area (Å²) < 4.78 is 31.0. The zero-order valence-electron chi connectivity index (χ0n) is 18.4. The van der Waals surface area contributed by atoms with Crippen molar-refractivity contribution in [3.8, 4) is 0 Å². The van der Waals surface area contributed by atoms with E-state index in [1.165, 1.54) is 0 Å². The van der Waals surface area contributed by atoms with Crippen molar-refractivity contribution in [2.75, 3.05) is 19.8 Å². The van der Waals surface area contributed by atoms with Crippen molar-refractivity contribution in [3.63, 3.8) is 0 Å². The minimum absolute atomic E-state index is 0.0316. The summed E-state index contributed by atoms with van der Waals surface area (Å²) in [7, 11) is -1.00. The monoisotopic (exact) mass is 510 g/mol. The number of hydrogen-bond acceptors (Lipinski definition) is 5. The molecule has 2 atom stereocenters. The predicted octanol–water partition coefficient (Wildman–Crippen LogP) is 5.24. The SMILES string of the molecule is CCOC(=O)/C(=C\C1CCC2(C1)OCC(C)(C)CO2)c1ccc(S(=O)C2CC2)c(Br)c1. The molecule has 1 spiro atoms. The lowest BCUT2D eigenvalue weighted by atomic mass is 9.94. The van der Waals surface area contributed by atoms with Gasteiger partial charge in [-0.25, -0.2) is 4.79 Å². The minimum Gasteiger partial charge on any atom is -0.462 e. The molecular weight excluding hydrogens is 480 g/mol. The maximum Gasteiger partial charge on any atom is 0.338 e. The summed E-state index contributed by atoms with van der Waals surface area (Å²) in [5.41, 5.74) is 1.35. The highest BCUT2D eigenvalue weighted by Gasteiger charge is 2.46. The topological polar surface area (TPSA) is 61.8 Å². The third-order valence-corrected chi connectivity index (χ3v) is 8.89. The Labute approximate surface area is 195 Å². The van der Waals surface area contributed by atoms with E-state index in [0.29, 0.717) is 25.4 Å². The van der Waals surface area contributed by atoms with Gasteiger partial charge >= 0.3 is 5.97 Å². The fraction of sp³-hybridized carbons (Fsp3) is 0.625. The van der Waals surface area contributed by atoms with E-state index in [1.54, 1.807) is 0 Å². The lowest BCUT2D eigenvalue weighted by Crippen LogP contribution is -2.46. The van der Waals surface area contributed by atoms with E-state index in [0.717, 1.165) is 47.0 Å². The average molecular weight is 511 g/mol. The molecule has 0 amide bonds. The van der Waals surface area contributed by atoms with Crippen molar-refractivity contribution >= 4 is 38.3 Å². The van der Waals surface area contributed by atoms with Crippen LogP contribution in [0, 0.1) is 11.3 Å². The van der Waals surface area contributed by atoms with Gasteiger partial charge in [0.15, 0.2) is 5.79 Å². The van der Waals surface area contributed by atoms with Crippen LogP contribution < -0.4 is 0 Å². The van der Waals surface area contributed by atoms with Crippen LogP contribution in [-0.4, -0.2) is 41.0 Å². The Morgan fingerprint density at radius 3 is 2.58 bits per heavy atom. The van der Waals surface area contributed by atoms with E-state index in [1.807, 2.05) is 31.2 Å². The van der Waals surface area contributed by atoms with E-state index < -0.39 is 16.6 Å². The van der Waals surface area contributed by atoms with E-state index in [9.17, 15) is 9.00 Å². The molecule has 1 aromatic carbocycles. The molecule has 3 fully saturated rings. The number of carbonyl (C=O) groups excluding carboxylic acids is 1. The zero-order chi connectivity index (χ0) is 22.2. The van der Waals surface area contributed by atoms with Crippen LogP contribution in [0.25, 0.3) is 5.57 Å². The van der Waals surface area contributed by atoms with Crippen molar-refractivity contribution in [1.29, 1.82) is 0 Å². The number of allylic oxidation sites excluding steroid dienone is 1. The van der Waals surface area contributed by atoms with Crippen LogP contribution in [-0.2, 0) is 29.8 Å². The van der Waals surface area contributed by atoms with Crippen LogP contribution in [0.2, 0.25) is 0 Å². The van der Waals surface area contributed by atoms with Gasteiger partial charge in [-0.05, 0) is 65.7 Å². The number of ether oxygens (including phenoxy) is 3. The molecule has 4 rings (SSSR count).